The number of hydrogen-bond donors (Lipinski definition) is 1. The summed E-state index contributed by atoms with van der Waals surface area (Å²) in [5.41, 5.74) is 0. The third-order valence-electron chi connectivity index (χ3n) is 2.20. The van der Waals surface area contributed by atoms with Gasteiger partial charge in [-0.15, -0.1) is 0 Å². The second-order valence-electron chi connectivity index (χ2n) is 3.40. The van der Waals surface area contributed by atoms with Crippen molar-refractivity contribution in [2.45, 2.75) is 11.8 Å². The number of rotatable bonds is 5. The fraction of sp³-hybridized carbons (Fsp3) is 0.500. The van der Waals surface area contributed by atoms with Gasteiger partial charge in [-0.25, -0.2) is 13.4 Å². The molecule has 1 rings (SSSR count). The number of hydrogen-bond acceptors (Lipinski definition) is 5. The molecule has 1 heterocycles. The molecule has 1 aromatic rings. The lowest BCUT2D eigenvalue weighted by molar-refractivity contribution is 0.302. The molecule has 0 unspecified atom stereocenters. The van der Waals surface area contributed by atoms with E-state index in [1.165, 1.54) is 6.07 Å². The molecule has 0 bridgehead atoms. The van der Waals surface area contributed by atoms with Crippen LogP contribution >= 0.6 is 0 Å². The molecule has 0 saturated heterocycles. The molecule has 1 aromatic heterocycles. The van der Waals surface area contributed by atoms with Crippen molar-refractivity contribution in [1.29, 1.82) is 0 Å². The lowest BCUT2D eigenvalue weighted by Gasteiger charge is -2.22. The lowest BCUT2D eigenvalue weighted by atomic mass is 10.4. The largest absolute Gasteiger partial charge is 0.395 e. The maximum atomic E-state index is 11.5. The van der Waals surface area contributed by atoms with E-state index in [9.17, 15) is 8.42 Å². The summed E-state index contributed by atoms with van der Waals surface area (Å²) < 4.78 is 23.1. The molecule has 0 aliphatic heterocycles. The van der Waals surface area contributed by atoms with Crippen LogP contribution < -0.4 is 4.90 Å². The van der Waals surface area contributed by atoms with E-state index in [2.05, 4.69) is 4.98 Å². The van der Waals surface area contributed by atoms with Gasteiger partial charge in [-0.1, -0.05) is 0 Å². The fourth-order valence-corrected chi connectivity index (χ4v) is 2.28. The molecule has 0 aliphatic rings. The van der Waals surface area contributed by atoms with E-state index in [0.717, 1.165) is 6.26 Å². The van der Waals surface area contributed by atoms with Crippen LogP contribution in [0.1, 0.15) is 6.92 Å². The highest BCUT2D eigenvalue weighted by Gasteiger charge is 2.17. The van der Waals surface area contributed by atoms with Gasteiger partial charge in [0.2, 0.25) is 0 Å². The Bertz CT molecular complexity index is 445. The van der Waals surface area contributed by atoms with Crippen LogP contribution in [0.4, 0.5) is 5.82 Å². The summed E-state index contributed by atoms with van der Waals surface area (Å²) in [5.74, 6) is 0.404. The van der Waals surface area contributed by atoms with Gasteiger partial charge in [0.15, 0.2) is 9.84 Å². The van der Waals surface area contributed by atoms with Gasteiger partial charge < -0.3 is 10.0 Å². The molecule has 1 N–H and O–H groups in total. The second kappa shape index (κ2) is 5.27. The van der Waals surface area contributed by atoms with Crippen molar-refractivity contribution in [3.63, 3.8) is 0 Å². The molecule has 0 amide bonds. The molecule has 0 aliphatic carbocycles. The van der Waals surface area contributed by atoms with E-state index in [-0.39, 0.29) is 11.5 Å². The Morgan fingerprint density at radius 2 is 2.19 bits per heavy atom. The zero-order valence-corrected chi connectivity index (χ0v) is 10.2. The Hall–Kier alpha value is -1.14. The lowest BCUT2D eigenvalue weighted by Crippen LogP contribution is -2.28. The predicted molar refractivity (Wildman–Crippen MR) is 62.3 cm³/mol. The van der Waals surface area contributed by atoms with E-state index >= 15 is 0 Å². The first-order chi connectivity index (χ1) is 7.50. The van der Waals surface area contributed by atoms with Gasteiger partial charge in [0.05, 0.1) is 6.61 Å². The van der Waals surface area contributed by atoms with Crippen molar-refractivity contribution >= 4 is 15.7 Å². The molecule has 0 atom stereocenters. The molecular formula is C10H16N2O3S. The third kappa shape index (κ3) is 2.93. The molecule has 5 nitrogen and oxygen atoms in total. The SMILES string of the molecule is CCN(CCO)c1ncccc1S(C)(=O)=O. The van der Waals surface area contributed by atoms with Crippen molar-refractivity contribution in [2.75, 3.05) is 30.9 Å². The molecular weight excluding hydrogens is 228 g/mol. The Morgan fingerprint density at radius 1 is 1.50 bits per heavy atom. The number of nitrogens with zero attached hydrogens (tertiary/aromatic N) is 2. The van der Waals surface area contributed by atoms with Crippen LogP contribution in [-0.2, 0) is 9.84 Å². The topological polar surface area (TPSA) is 70.5 Å². The maximum Gasteiger partial charge on any atom is 0.179 e. The number of aliphatic hydroxyl groups is 1. The van der Waals surface area contributed by atoms with Gasteiger partial charge in [-0.3, -0.25) is 0 Å². The summed E-state index contributed by atoms with van der Waals surface area (Å²) in [6.45, 7) is 2.82. The van der Waals surface area contributed by atoms with Gasteiger partial charge in [-0.2, -0.15) is 0 Å². The van der Waals surface area contributed by atoms with Crippen LogP contribution in [0.3, 0.4) is 0 Å². The molecule has 0 saturated carbocycles. The third-order valence-corrected chi connectivity index (χ3v) is 3.32. The summed E-state index contributed by atoms with van der Waals surface area (Å²) in [6, 6.07) is 3.12. The van der Waals surface area contributed by atoms with Crippen LogP contribution in [0.2, 0.25) is 0 Å². The average molecular weight is 244 g/mol. The normalized spacial score (nSPS) is 11.4. The van der Waals surface area contributed by atoms with Gasteiger partial charge in [0, 0.05) is 25.5 Å². The van der Waals surface area contributed by atoms with Crippen LogP contribution in [0.15, 0.2) is 23.2 Å². The standard InChI is InChI=1S/C10H16N2O3S/c1-3-12(7-8-13)10-9(16(2,14)15)5-4-6-11-10/h4-6,13H,3,7-8H2,1-2H3. The summed E-state index contributed by atoms with van der Waals surface area (Å²) >= 11 is 0. The minimum Gasteiger partial charge on any atom is -0.395 e. The Morgan fingerprint density at radius 3 is 2.69 bits per heavy atom. The minimum atomic E-state index is -3.29. The number of anilines is 1. The van der Waals surface area contributed by atoms with Gasteiger partial charge in [0.1, 0.15) is 10.7 Å². The second-order valence-corrected chi connectivity index (χ2v) is 5.38. The molecule has 90 valence electrons. The molecule has 0 radical (unpaired) electrons. The highest BCUT2D eigenvalue weighted by Crippen LogP contribution is 2.21. The van der Waals surface area contributed by atoms with Crippen LogP contribution in [0.5, 0.6) is 0 Å². The molecule has 0 aromatic carbocycles. The first kappa shape index (κ1) is 12.9. The van der Waals surface area contributed by atoms with Crippen molar-refractivity contribution in [3.8, 4) is 0 Å². The Balaban J connectivity index is 3.22. The van der Waals surface area contributed by atoms with Crippen molar-refractivity contribution in [2.24, 2.45) is 0 Å². The fourth-order valence-electron chi connectivity index (χ4n) is 1.44. The molecule has 0 spiro atoms. The van der Waals surface area contributed by atoms with E-state index in [4.69, 9.17) is 5.11 Å². The van der Waals surface area contributed by atoms with E-state index < -0.39 is 9.84 Å². The average Bonchev–Trinajstić information content (AvgIpc) is 2.25. The van der Waals surface area contributed by atoms with Crippen LogP contribution in [0, 0.1) is 0 Å². The zero-order chi connectivity index (χ0) is 12.2. The van der Waals surface area contributed by atoms with Gasteiger partial charge in [-0.05, 0) is 19.1 Å². The van der Waals surface area contributed by atoms with Gasteiger partial charge in [0.25, 0.3) is 0 Å². The molecule has 16 heavy (non-hydrogen) atoms. The molecule has 0 fully saturated rings. The zero-order valence-electron chi connectivity index (χ0n) is 9.42. The number of sulfone groups is 1. The number of aromatic nitrogens is 1. The maximum absolute atomic E-state index is 11.5. The first-order valence-electron chi connectivity index (χ1n) is 5.01. The van der Waals surface area contributed by atoms with Crippen LogP contribution in [-0.4, -0.2) is 44.5 Å². The highest BCUT2D eigenvalue weighted by atomic mass is 32.2. The van der Waals surface area contributed by atoms with Crippen molar-refractivity contribution < 1.29 is 13.5 Å². The van der Waals surface area contributed by atoms with Crippen molar-refractivity contribution in [3.05, 3.63) is 18.3 Å². The quantitative estimate of drug-likeness (QED) is 0.807. The first-order valence-corrected chi connectivity index (χ1v) is 6.90. The number of likely N-dealkylation sites (N-methyl/N-ethyl adjacent to an activating group) is 1. The summed E-state index contributed by atoms with van der Waals surface area (Å²) in [5, 5.41) is 8.90. The van der Waals surface area contributed by atoms with Crippen LogP contribution in [0.25, 0.3) is 0 Å². The van der Waals surface area contributed by atoms with E-state index in [1.807, 2.05) is 6.92 Å². The monoisotopic (exact) mass is 244 g/mol. The highest BCUT2D eigenvalue weighted by molar-refractivity contribution is 7.90. The van der Waals surface area contributed by atoms with Gasteiger partial charge >= 0.3 is 0 Å². The van der Waals surface area contributed by atoms with E-state index in [0.29, 0.717) is 18.9 Å². The minimum absolute atomic E-state index is 0.0341. The summed E-state index contributed by atoms with van der Waals surface area (Å²) in [7, 11) is -3.29. The number of aliphatic hydroxyl groups excluding tert-OH is 1. The number of pyridine rings is 1. The van der Waals surface area contributed by atoms with E-state index in [1.54, 1.807) is 17.2 Å². The smallest absolute Gasteiger partial charge is 0.179 e. The summed E-state index contributed by atoms with van der Waals surface area (Å²) in [4.78, 5) is 6.00. The predicted octanol–water partition coefficient (Wildman–Crippen LogP) is 0.304. The molecule has 6 heteroatoms. The summed E-state index contributed by atoms with van der Waals surface area (Å²) in [6.07, 6.45) is 2.70. The Kier molecular flexibility index (Phi) is 4.26. The van der Waals surface area contributed by atoms with Crippen molar-refractivity contribution in [1.82, 2.24) is 4.98 Å². The Labute approximate surface area is 95.7 Å².